The number of carboxylic acid groups (broad SMARTS) is 1. The van der Waals surface area contributed by atoms with Crippen LogP contribution in [0.5, 0.6) is 0 Å². The summed E-state index contributed by atoms with van der Waals surface area (Å²) in [5.41, 5.74) is 0.980. The number of rotatable bonds is 8. The fraction of sp³-hybridized carbons (Fsp3) is 0.667. The Morgan fingerprint density at radius 1 is 1.47 bits per heavy atom. The van der Waals surface area contributed by atoms with Crippen LogP contribution in [0, 0.1) is 6.92 Å². The largest absolute Gasteiger partial charge is 0.475 e. The summed E-state index contributed by atoms with van der Waals surface area (Å²) in [5, 5.41) is 8.95. The van der Waals surface area contributed by atoms with Crippen molar-refractivity contribution < 1.29 is 14.3 Å². The first kappa shape index (κ1) is 15.8. The quantitative estimate of drug-likeness (QED) is 0.780. The molecule has 0 spiro atoms. The molecular formula is C15H25NO3. The van der Waals surface area contributed by atoms with E-state index >= 15 is 0 Å². The molecule has 1 rings (SSSR count). The number of hydrogen-bond donors (Lipinski definition) is 1. The molecule has 4 heteroatoms. The van der Waals surface area contributed by atoms with E-state index in [1.165, 1.54) is 0 Å². The number of carboxylic acids is 1. The lowest BCUT2D eigenvalue weighted by molar-refractivity contribution is 0.0661. The second-order valence-corrected chi connectivity index (χ2v) is 5.08. The van der Waals surface area contributed by atoms with Gasteiger partial charge in [0.25, 0.3) is 0 Å². The SMILES string of the molecule is CCCCN(Cc1cc(C(=O)O)oc1C)C(C)CC. The van der Waals surface area contributed by atoms with Crippen molar-refractivity contribution >= 4 is 5.97 Å². The summed E-state index contributed by atoms with van der Waals surface area (Å²) >= 11 is 0. The Morgan fingerprint density at radius 2 is 2.16 bits per heavy atom. The molecule has 1 heterocycles. The van der Waals surface area contributed by atoms with Crippen LogP contribution in [0.25, 0.3) is 0 Å². The first-order valence-electron chi connectivity index (χ1n) is 7.06. The summed E-state index contributed by atoms with van der Waals surface area (Å²) in [7, 11) is 0. The van der Waals surface area contributed by atoms with Gasteiger partial charge in [-0.05, 0) is 39.3 Å². The Labute approximate surface area is 115 Å². The summed E-state index contributed by atoms with van der Waals surface area (Å²) < 4.78 is 5.27. The highest BCUT2D eigenvalue weighted by atomic mass is 16.4. The second kappa shape index (κ2) is 7.34. The topological polar surface area (TPSA) is 53.7 Å². The van der Waals surface area contributed by atoms with Crippen molar-refractivity contribution in [3.8, 4) is 0 Å². The molecule has 0 amide bonds. The predicted octanol–water partition coefficient (Wildman–Crippen LogP) is 3.69. The molecule has 0 radical (unpaired) electrons. The minimum absolute atomic E-state index is 0.0343. The Balaban J connectivity index is 2.80. The van der Waals surface area contributed by atoms with Gasteiger partial charge in [0.1, 0.15) is 5.76 Å². The molecule has 1 atom stereocenters. The van der Waals surface area contributed by atoms with Crippen LogP contribution < -0.4 is 0 Å². The smallest absolute Gasteiger partial charge is 0.371 e. The average molecular weight is 267 g/mol. The lowest BCUT2D eigenvalue weighted by Gasteiger charge is -2.28. The van der Waals surface area contributed by atoms with Gasteiger partial charge in [-0.15, -0.1) is 0 Å². The number of aryl methyl sites for hydroxylation is 1. The molecule has 1 aromatic rings. The molecule has 0 aliphatic carbocycles. The molecule has 4 nitrogen and oxygen atoms in total. The van der Waals surface area contributed by atoms with Gasteiger partial charge in [-0.3, -0.25) is 4.90 Å². The van der Waals surface area contributed by atoms with Crippen molar-refractivity contribution in [1.29, 1.82) is 0 Å². The van der Waals surface area contributed by atoms with Crippen molar-refractivity contribution in [2.24, 2.45) is 0 Å². The zero-order valence-corrected chi connectivity index (χ0v) is 12.4. The van der Waals surface area contributed by atoms with E-state index in [1.807, 2.05) is 6.92 Å². The maximum Gasteiger partial charge on any atom is 0.371 e. The average Bonchev–Trinajstić information content (AvgIpc) is 2.75. The number of hydrogen-bond acceptors (Lipinski definition) is 3. The van der Waals surface area contributed by atoms with Gasteiger partial charge in [-0.25, -0.2) is 4.79 Å². The number of aromatic carboxylic acids is 1. The van der Waals surface area contributed by atoms with Crippen molar-refractivity contribution in [1.82, 2.24) is 4.90 Å². The second-order valence-electron chi connectivity index (χ2n) is 5.08. The summed E-state index contributed by atoms with van der Waals surface area (Å²) in [6.07, 6.45) is 3.41. The molecular weight excluding hydrogens is 242 g/mol. The van der Waals surface area contributed by atoms with Crippen LogP contribution in [0.15, 0.2) is 10.5 Å². The third-order valence-corrected chi connectivity index (χ3v) is 3.62. The lowest BCUT2D eigenvalue weighted by atomic mass is 10.1. The molecule has 1 N–H and O–H groups in total. The van der Waals surface area contributed by atoms with Gasteiger partial charge in [0.05, 0.1) is 0 Å². The van der Waals surface area contributed by atoms with Crippen LogP contribution in [0.4, 0.5) is 0 Å². The van der Waals surface area contributed by atoms with E-state index in [0.717, 1.165) is 37.9 Å². The van der Waals surface area contributed by atoms with Crippen LogP contribution in [0.3, 0.4) is 0 Å². The minimum Gasteiger partial charge on any atom is -0.475 e. The zero-order chi connectivity index (χ0) is 14.4. The molecule has 0 fully saturated rings. The van der Waals surface area contributed by atoms with Crippen LogP contribution in [0.1, 0.15) is 61.9 Å². The van der Waals surface area contributed by atoms with Gasteiger partial charge in [-0.1, -0.05) is 20.3 Å². The van der Waals surface area contributed by atoms with Crippen LogP contribution in [-0.2, 0) is 6.54 Å². The fourth-order valence-corrected chi connectivity index (χ4v) is 2.08. The third kappa shape index (κ3) is 4.39. The lowest BCUT2D eigenvalue weighted by Crippen LogP contribution is -2.33. The highest BCUT2D eigenvalue weighted by molar-refractivity contribution is 5.84. The molecule has 0 aliphatic rings. The summed E-state index contributed by atoms with van der Waals surface area (Å²) in [6.45, 7) is 10.2. The highest BCUT2D eigenvalue weighted by Gasteiger charge is 2.18. The summed E-state index contributed by atoms with van der Waals surface area (Å²) in [5.74, 6) is -0.257. The van der Waals surface area contributed by atoms with E-state index in [4.69, 9.17) is 9.52 Å². The molecule has 0 bridgehead atoms. The molecule has 0 aliphatic heterocycles. The number of carbonyl (C=O) groups is 1. The molecule has 108 valence electrons. The monoisotopic (exact) mass is 267 g/mol. The van der Waals surface area contributed by atoms with Crippen molar-refractivity contribution in [3.63, 3.8) is 0 Å². The van der Waals surface area contributed by atoms with Crippen LogP contribution >= 0.6 is 0 Å². The van der Waals surface area contributed by atoms with E-state index < -0.39 is 5.97 Å². The van der Waals surface area contributed by atoms with Gasteiger partial charge < -0.3 is 9.52 Å². The van der Waals surface area contributed by atoms with Gasteiger partial charge in [0.2, 0.25) is 5.76 Å². The predicted molar refractivity (Wildman–Crippen MR) is 75.5 cm³/mol. The van der Waals surface area contributed by atoms with Crippen LogP contribution in [0.2, 0.25) is 0 Å². The number of furan rings is 1. The third-order valence-electron chi connectivity index (χ3n) is 3.62. The Hall–Kier alpha value is -1.29. The standard InChI is InChI=1S/C15H25NO3/c1-5-7-8-16(11(3)6-2)10-13-9-14(15(17)18)19-12(13)4/h9,11H,5-8,10H2,1-4H3,(H,17,18). The molecule has 1 aromatic heterocycles. The maximum absolute atomic E-state index is 10.9. The van der Waals surface area contributed by atoms with Gasteiger partial charge in [0, 0.05) is 18.2 Å². The minimum atomic E-state index is -1.00. The fourth-order valence-electron chi connectivity index (χ4n) is 2.08. The van der Waals surface area contributed by atoms with Gasteiger partial charge in [0.15, 0.2) is 0 Å². The Morgan fingerprint density at radius 3 is 2.63 bits per heavy atom. The normalized spacial score (nSPS) is 12.9. The van der Waals surface area contributed by atoms with E-state index in [1.54, 1.807) is 6.07 Å². The molecule has 0 aromatic carbocycles. The summed E-state index contributed by atoms with van der Waals surface area (Å²) in [6, 6.07) is 2.15. The van der Waals surface area contributed by atoms with Gasteiger partial charge >= 0.3 is 5.97 Å². The van der Waals surface area contributed by atoms with E-state index in [0.29, 0.717) is 11.8 Å². The molecule has 1 unspecified atom stereocenters. The van der Waals surface area contributed by atoms with E-state index in [9.17, 15) is 4.79 Å². The number of nitrogens with zero attached hydrogens (tertiary/aromatic N) is 1. The highest BCUT2D eigenvalue weighted by Crippen LogP contribution is 2.19. The number of unbranched alkanes of at least 4 members (excludes halogenated alkanes) is 1. The Kier molecular flexibility index (Phi) is 6.09. The van der Waals surface area contributed by atoms with Crippen molar-refractivity contribution in [3.05, 3.63) is 23.2 Å². The Bertz CT molecular complexity index is 412. The van der Waals surface area contributed by atoms with E-state index in [-0.39, 0.29) is 5.76 Å². The van der Waals surface area contributed by atoms with Crippen LogP contribution in [-0.4, -0.2) is 28.6 Å². The first-order chi connectivity index (χ1) is 8.99. The maximum atomic E-state index is 10.9. The zero-order valence-electron chi connectivity index (χ0n) is 12.4. The van der Waals surface area contributed by atoms with Crippen molar-refractivity contribution in [2.75, 3.05) is 6.54 Å². The molecule has 0 saturated carbocycles. The van der Waals surface area contributed by atoms with E-state index in [2.05, 4.69) is 25.7 Å². The van der Waals surface area contributed by atoms with Crippen molar-refractivity contribution in [2.45, 2.75) is 59.5 Å². The first-order valence-corrected chi connectivity index (χ1v) is 7.06. The molecule has 19 heavy (non-hydrogen) atoms. The molecule has 0 saturated heterocycles. The van der Waals surface area contributed by atoms with Gasteiger partial charge in [-0.2, -0.15) is 0 Å². The summed E-state index contributed by atoms with van der Waals surface area (Å²) in [4.78, 5) is 13.3.